The van der Waals surface area contributed by atoms with Gasteiger partial charge < -0.3 is 29.9 Å². The zero-order chi connectivity index (χ0) is 29.4. The van der Waals surface area contributed by atoms with Gasteiger partial charge in [-0.15, -0.1) is 0 Å². The molecule has 0 unspecified atom stereocenters. The van der Waals surface area contributed by atoms with Crippen LogP contribution >= 0.6 is 0 Å². The molecule has 4 heterocycles. The number of ether oxygens (including phenoxy) is 1. The molecule has 220 valence electrons. The first-order valence-corrected chi connectivity index (χ1v) is 14.7. The second-order valence-electron chi connectivity index (χ2n) is 11.2. The minimum absolute atomic E-state index is 0.00133. The van der Waals surface area contributed by atoms with Gasteiger partial charge in [-0.3, -0.25) is 14.5 Å². The number of hydrogen-bond donors (Lipinski definition) is 2. The summed E-state index contributed by atoms with van der Waals surface area (Å²) >= 11 is 0. The quantitative estimate of drug-likeness (QED) is 0.454. The summed E-state index contributed by atoms with van der Waals surface area (Å²) in [6.45, 7) is 5.44. The number of piperidine rings is 1. The van der Waals surface area contributed by atoms with Gasteiger partial charge in [0.2, 0.25) is 0 Å². The van der Waals surface area contributed by atoms with E-state index in [2.05, 4.69) is 15.2 Å². The van der Waals surface area contributed by atoms with Crippen molar-refractivity contribution in [2.45, 2.75) is 38.3 Å². The number of nitrogens with zero attached hydrogens (tertiary/aromatic N) is 5. The third-order valence-electron chi connectivity index (χ3n) is 8.64. The number of amides is 2. The molecule has 6 rings (SSSR count). The van der Waals surface area contributed by atoms with Crippen LogP contribution in [-0.4, -0.2) is 90.7 Å². The van der Waals surface area contributed by atoms with Gasteiger partial charge in [-0.2, -0.15) is 0 Å². The van der Waals surface area contributed by atoms with E-state index >= 15 is 0 Å². The lowest BCUT2D eigenvalue weighted by Crippen LogP contribution is -2.46. The van der Waals surface area contributed by atoms with Crippen molar-refractivity contribution in [1.29, 1.82) is 0 Å². The topological polar surface area (TPSA) is 101 Å². The van der Waals surface area contributed by atoms with Gasteiger partial charge in [0.25, 0.3) is 11.8 Å². The van der Waals surface area contributed by atoms with Crippen LogP contribution in [0.2, 0.25) is 0 Å². The summed E-state index contributed by atoms with van der Waals surface area (Å²) in [5.41, 5.74) is 4.29. The van der Waals surface area contributed by atoms with E-state index in [1.165, 1.54) is 0 Å². The Balaban J connectivity index is 1.20. The number of benzene rings is 2. The number of para-hydroxylation sites is 1. The van der Waals surface area contributed by atoms with Gasteiger partial charge >= 0.3 is 0 Å². The van der Waals surface area contributed by atoms with Crippen LogP contribution < -0.4 is 19.9 Å². The molecule has 2 amide bonds. The summed E-state index contributed by atoms with van der Waals surface area (Å²) in [6, 6.07) is 15.4. The number of likely N-dealkylation sites (tertiary alicyclic amines) is 2. The summed E-state index contributed by atoms with van der Waals surface area (Å²) in [4.78, 5) is 39.1. The maximum atomic E-state index is 13.4. The van der Waals surface area contributed by atoms with Crippen LogP contribution in [0.15, 0.2) is 54.7 Å². The lowest BCUT2D eigenvalue weighted by molar-refractivity contribution is 0.0627. The predicted octanol–water partition coefficient (Wildman–Crippen LogP) is 4.25. The molecule has 2 N–H and O–H groups in total. The molecular formula is C32H38N6O4. The highest BCUT2D eigenvalue weighted by Gasteiger charge is 2.32. The molecule has 1 aromatic heterocycles. The summed E-state index contributed by atoms with van der Waals surface area (Å²) in [6.07, 6.45) is 4.14. The number of hydrogen-bond acceptors (Lipinski definition) is 8. The predicted molar refractivity (Wildman–Crippen MR) is 163 cm³/mol. The van der Waals surface area contributed by atoms with Crippen LogP contribution in [0.3, 0.4) is 0 Å². The number of anilines is 5. The Morgan fingerprint density at radius 3 is 2.52 bits per heavy atom. The average Bonchev–Trinajstić information content (AvgIpc) is 3.44. The second kappa shape index (κ2) is 11.6. The van der Waals surface area contributed by atoms with Crippen LogP contribution in [-0.2, 0) is 0 Å². The van der Waals surface area contributed by atoms with Gasteiger partial charge in [0.1, 0.15) is 11.6 Å². The first kappa shape index (κ1) is 28.0. The first-order chi connectivity index (χ1) is 20.3. The molecule has 3 aromatic rings. The number of aliphatic hydroxyl groups is 1. The molecule has 10 nitrogen and oxygen atoms in total. The van der Waals surface area contributed by atoms with E-state index in [-0.39, 0.29) is 17.9 Å². The number of carbonyl (C=O) groups is 2. The van der Waals surface area contributed by atoms with Crippen LogP contribution in [0, 0.1) is 0 Å². The molecule has 0 aliphatic carbocycles. The lowest BCUT2D eigenvalue weighted by Gasteiger charge is -2.36. The Kier molecular flexibility index (Phi) is 7.74. The normalized spacial score (nSPS) is 19.4. The highest BCUT2D eigenvalue weighted by atomic mass is 16.5. The van der Waals surface area contributed by atoms with Crippen molar-refractivity contribution in [3.05, 3.63) is 65.9 Å². The smallest absolute Gasteiger partial charge is 0.260 e. The van der Waals surface area contributed by atoms with Gasteiger partial charge in [0.05, 0.1) is 47.2 Å². The number of pyridine rings is 1. The Morgan fingerprint density at radius 2 is 1.79 bits per heavy atom. The third-order valence-corrected chi connectivity index (χ3v) is 8.64. The molecule has 10 heteroatoms. The van der Waals surface area contributed by atoms with Crippen molar-refractivity contribution >= 4 is 40.4 Å². The molecule has 1 atom stereocenters. The van der Waals surface area contributed by atoms with Crippen molar-refractivity contribution in [2.24, 2.45) is 0 Å². The van der Waals surface area contributed by atoms with Gasteiger partial charge in [-0.1, -0.05) is 12.1 Å². The largest absolute Gasteiger partial charge is 0.492 e. The molecule has 0 radical (unpaired) electrons. The molecule has 0 saturated carbocycles. The number of carbonyl (C=O) groups excluding carboxylic acids is 2. The average molecular weight is 571 g/mol. The third kappa shape index (κ3) is 5.28. The number of aliphatic hydroxyl groups excluding tert-OH is 1. The number of fused-ring (bicyclic) bond motifs is 2. The van der Waals surface area contributed by atoms with E-state index in [1.54, 1.807) is 24.2 Å². The molecule has 2 aromatic carbocycles. The fourth-order valence-corrected chi connectivity index (χ4v) is 6.29. The molecular weight excluding hydrogens is 532 g/mol. The molecule has 0 spiro atoms. The lowest BCUT2D eigenvalue weighted by atomic mass is 10.0. The van der Waals surface area contributed by atoms with E-state index in [4.69, 9.17) is 4.74 Å². The molecule has 2 saturated heterocycles. The maximum Gasteiger partial charge on any atom is 0.260 e. The van der Waals surface area contributed by atoms with E-state index < -0.39 is 0 Å². The van der Waals surface area contributed by atoms with Crippen molar-refractivity contribution in [1.82, 2.24) is 14.8 Å². The fraction of sp³-hybridized carbons (Fsp3) is 0.406. The van der Waals surface area contributed by atoms with E-state index in [0.29, 0.717) is 59.8 Å². The minimum Gasteiger partial charge on any atom is -0.492 e. The highest BCUT2D eigenvalue weighted by molar-refractivity contribution is 6.13. The SMILES string of the molecule is CCOc1cc(C(=O)N2CCC(N3CC[C@@H](O)C3)CC2)ccc1Nc1cc2c(cn1)N(C)C(=O)c1ccccc1N2C. The number of β-amino-alcohol motifs (C(OH)–C–C–N with tert-alkyl or cyclic N) is 1. The van der Waals surface area contributed by atoms with Gasteiger partial charge in [0, 0.05) is 57.9 Å². The van der Waals surface area contributed by atoms with Crippen LogP contribution in [0.1, 0.15) is 46.9 Å². The fourth-order valence-electron chi connectivity index (χ4n) is 6.29. The van der Waals surface area contributed by atoms with Crippen molar-refractivity contribution in [2.75, 3.05) is 62.0 Å². The van der Waals surface area contributed by atoms with Crippen molar-refractivity contribution < 1.29 is 19.4 Å². The zero-order valence-electron chi connectivity index (χ0n) is 24.4. The van der Waals surface area contributed by atoms with Gasteiger partial charge in [-0.05, 0) is 56.5 Å². The number of aromatic nitrogens is 1. The van der Waals surface area contributed by atoms with Crippen LogP contribution in [0.5, 0.6) is 5.75 Å². The standard InChI is InChI=1S/C32H38N6O4/c1-4-42-29-17-21(31(40)37-14-11-22(12-15-37)38-16-13-23(39)20-38)9-10-25(29)34-30-18-27-28(19-33-30)36(3)32(41)24-7-5-6-8-26(24)35(27)2/h5-10,17-19,22-23,39H,4,11-16,20H2,1-3H3,(H,33,34)/t23-/m1/s1. The maximum absolute atomic E-state index is 13.4. The number of rotatable bonds is 6. The minimum atomic E-state index is -0.224. The Labute approximate surface area is 246 Å². The summed E-state index contributed by atoms with van der Waals surface area (Å²) < 4.78 is 5.96. The van der Waals surface area contributed by atoms with Crippen molar-refractivity contribution in [3.8, 4) is 5.75 Å². The summed E-state index contributed by atoms with van der Waals surface area (Å²) in [7, 11) is 3.70. The first-order valence-electron chi connectivity index (χ1n) is 14.7. The Hall–Kier alpha value is -4.15. The van der Waals surface area contributed by atoms with E-state index in [1.807, 2.05) is 66.2 Å². The summed E-state index contributed by atoms with van der Waals surface area (Å²) in [5, 5.41) is 13.3. The summed E-state index contributed by atoms with van der Waals surface area (Å²) in [5.74, 6) is 1.08. The van der Waals surface area contributed by atoms with E-state index in [9.17, 15) is 14.7 Å². The van der Waals surface area contributed by atoms with Gasteiger partial charge in [-0.25, -0.2) is 4.98 Å². The zero-order valence-corrected chi connectivity index (χ0v) is 24.4. The van der Waals surface area contributed by atoms with Gasteiger partial charge in [0.15, 0.2) is 0 Å². The Morgan fingerprint density at radius 1 is 1.00 bits per heavy atom. The molecule has 2 fully saturated rings. The van der Waals surface area contributed by atoms with Crippen molar-refractivity contribution in [3.63, 3.8) is 0 Å². The Bertz CT molecular complexity index is 1490. The monoisotopic (exact) mass is 570 g/mol. The highest BCUT2D eigenvalue weighted by Crippen LogP contribution is 2.40. The molecule has 42 heavy (non-hydrogen) atoms. The molecule has 3 aliphatic heterocycles. The number of nitrogens with one attached hydrogen (secondary N) is 1. The molecule has 0 bridgehead atoms. The second-order valence-corrected chi connectivity index (χ2v) is 11.2. The van der Waals surface area contributed by atoms with Crippen LogP contribution in [0.25, 0.3) is 0 Å². The van der Waals surface area contributed by atoms with E-state index in [0.717, 1.165) is 43.7 Å². The molecule has 3 aliphatic rings. The van der Waals surface area contributed by atoms with Crippen LogP contribution in [0.4, 0.5) is 28.6 Å².